The van der Waals surface area contributed by atoms with Crippen LogP contribution in [0.5, 0.6) is 0 Å². The van der Waals surface area contributed by atoms with E-state index in [1.54, 1.807) is 36.4 Å². The van der Waals surface area contributed by atoms with Gasteiger partial charge in [0.25, 0.3) is 11.5 Å². The van der Waals surface area contributed by atoms with Crippen molar-refractivity contribution in [3.05, 3.63) is 76.0 Å². The largest absolute Gasteiger partial charge is 0.290 e. The number of hydrogen-bond donors (Lipinski definition) is 2. The minimum Gasteiger partial charge on any atom is -0.273 e. The SMILES string of the molecule is CCCCCn1nc(C(=O)NNC(=O)C2CC2c2ccc(F)cc2)c2ccccc2c1=O. The zero-order valence-corrected chi connectivity index (χ0v) is 17.8. The molecule has 2 amide bonds. The van der Waals surface area contributed by atoms with Gasteiger partial charge < -0.3 is 0 Å². The van der Waals surface area contributed by atoms with Crippen molar-refractivity contribution in [2.45, 2.75) is 45.1 Å². The summed E-state index contributed by atoms with van der Waals surface area (Å²) in [4.78, 5) is 38.0. The Morgan fingerprint density at radius 2 is 1.78 bits per heavy atom. The Morgan fingerprint density at radius 3 is 2.50 bits per heavy atom. The number of halogens is 1. The van der Waals surface area contributed by atoms with Crippen molar-refractivity contribution < 1.29 is 14.0 Å². The molecule has 2 aromatic carbocycles. The fraction of sp³-hybridized carbons (Fsp3) is 0.333. The van der Waals surface area contributed by atoms with Crippen LogP contribution in [0.4, 0.5) is 4.39 Å². The van der Waals surface area contributed by atoms with Gasteiger partial charge in [0.2, 0.25) is 5.91 Å². The van der Waals surface area contributed by atoms with E-state index in [1.807, 2.05) is 0 Å². The molecule has 3 aromatic rings. The molecule has 1 aromatic heterocycles. The number of amides is 2. The van der Waals surface area contributed by atoms with Gasteiger partial charge >= 0.3 is 0 Å². The summed E-state index contributed by atoms with van der Waals surface area (Å²) in [6.45, 7) is 2.49. The average Bonchev–Trinajstić information content (AvgIpc) is 3.60. The highest BCUT2D eigenvalue weighted by molar-refractivity contribution is 6.05. The van der Waals surface area contributed by atoms with Crippen LogP contribution < -0.4 is 16.4 Å². The molecule has 4 rings (SSSR count). The van der Waals surface area contributed by atoms with Gasteiger partial charge in [-0.25, -0.2) is 9.07 Å². The quantitative estimate of drug-likeness (QED) is 0.439. The maximum Gasteiger partial charge on any atom is 0.290 e. The molecule has 0 saturated heterocycles. The first-order valence-corrected chi connectivity index (χ1v) is 10.8. The Hall–Kier alpha value is -3.55. The third-order valence-corrected chi connectivity index (χ3v) is 5.78. The molecule has 1 aliphatic carbocycles. The summed E-state index contributed by atoms with van der Waals surface area (Å²) in [5.41, 5.74) is 5.64. The summed E-state index contributed by atoms with van der Waals surface area (Å²) in [7, 11) is 0. The second-order valence-corrected chi connectivity index (χ2v) is 8.07. The average molecular weight is 436 g/mol. The summed E-state index contributed by atoms with van der Waals surface area (Å²) in [6, 6.07) is 12.9. The number of benzene rings is 2. The Kier molecular flexibility index (Phi) is 6.30. The van der Waals surface area contributed by atoms with Crippen molar-refractivity contribution in [3.8, 4) is 0 Å². The number of hydrazine groups is 1. The van der Waals surface area contributed by atoms with Crippen LogP contribution in [0, 0.1) is 11.7 Å². The van der Waals surface area contributed by atoms with Crippen LogP contribution in [0.3, 0.4) is 0 Å². The first-order valence-electron chi connectivity index (χ1n) is 10.8. The molecule has 1 heterocycles. The normalized spacial score (nSPS) is 17.2. The molecule has 1 fully saturated rings. The molecule has 166 valence electrons. The third-order valence-electron chi connectivity index (χ3n) is 5.78. The molecule has 2 atom stereocenters. The highest BCUT2D eigenvalue weighted by Gasteiger charge is 2.44. The zero-order chi connectivity index (χ0) is 22.7. The van der Waals surface area contributed by atoms with Crippen molar-refractivity contribution in [2.24, 2.45) is 5.92 Å². The van der Waals surface area contributed by atoms with Crippen LogP contribution in [-0.4, -0.2) is 21.6 Å². The predicted molar refractivity (Wildman–Crippen MR) is 118 cm³/mol. The number of aromatic nitrogens is 2. The lowest BCUT2D eigenvalue weighted by atomic mass is 10.1. The number of unbranched alkanes of at least 4 members (excludes halogenated alkanes) is 2. The molecule has 2 N–H and O–H groups in total. The minimum atomic E-state index is -0.585. The first-order chi connectivity index (χ1) is 15.5. The Balaban J connectivity index is 1.46. The number of carbonyl (C=O) groups is 2. The Morgan fingerprint density at radius 1 is 1.06 bits per heavy atom. The van der Waals surface area contributed by atoms with Gasteiger partial charge in [-0.1, -0.05) is 50.1 Å². The molecule has 1 saturated carbocycles. The fourth-order valence-electron chi connectivity index (χ4n) is 3.90. The van der Waals surface area contributed by atoms with Crippen molar-refractivity contribution in [1.29, 1.82) is 0 Å². The van der Waals surface area contributed by atoms with E-state index in [2.05, 4.69) is 22.9 Å². The molecular weight excluding hydrogens is 411 g/mol. The number of carbonyl (C=O) groups excluding carboxylic acids is 2. The van der Waals surface area contributed by atoms with Crippen LogP contribution in [-0.2, 0) is 11.3 Å². The van der Waals surface area contributed by atoms with Crippen molar-refractivity contribution in [2.75, 3.05) is 0 Å². The number of nitrogens with one attached hydrogen (secondary N) is 2. The second-order valence-electron chi connectivity index (χ2n) is 8.07. The molecule has 0 spiro atoms. The second kappa shape index (κ2) is 9.30. The maximum absolute atomic E-state index is 13.1. The molecule has 1 aliphatic rings. The van der Waals surface area contributed by atoms with E-state index in [0.29, 0.717) is 23.7 Å². The molecule has 2 unspecified atom stereocenters. The summed E-state index contributed by atoms with van der Waals surface area (Å²) in [5, 5.41) is 5.13. The standard InChI is InChI=1S/C24H25FN4O3/c1-2-3-6-13-29-24(32)18-8-5-4-7-17(18)21(28-29)23(31)27-26-22(30)20-14-19(20)15-9-11-16(25)12-10-15/h4-5,7-12,19-20H,2-3,6,13-14H2,1H3,(H,26,30)(H,27,31). The molecular formula is C24H25FN4O3. The van der Waals surface area contributed by atoms with Gasteiger partial charge in [0.05, 0.1) is 5.39 Å². The van der Waals surface area contributed by atoms with Crippen molar-refractivity contribution in [3.63, 3.8) is 0 Å². The van der Waals surface area contributed by atoms with E-state index < -0.39 is 5.91 Å². The lowest BCUT2D eigenvalue weighted by molar-refractivity contribution is -0.123. The van der Waals surface area contributed by atoms with E-state index in [1.165, 1.54) is 16.8 Å². The van der Waals surface area contributed by atoms with E-state index in [4.69, 9.17) is 0 Å². The van der Waals surface area contributed by atoms with E-state index >= 15 is 0 Å². The van der Waals surface area contributed by atoms with E-state index in [-0.39, 0.29) is 34.8 Å². The van der Waals surface area contributed by atoms with Gasteiger partial charge in [0.1, 0.15) is 5.82 Å². The van der Waals surface area contributed by atoms with E-state index in [9.17, 15) is 18.8 Å². The van der Waals surface area contributed by atoms with Crippen LogP contribution >= 0.6 is 0 Å². The molecule has 0 radical (unpaired) electrons. The summed E-state index contributed by atoms with van der Waals surface area (Å²) in [5.74, 6) is -1.50. The molecule has 32 heavy (non-hydrogen) atoms. The minimum absolute atomic E-state index is 0.00641. The molecule has 7 nitrogen and oxygen atoms in total. The van der Waals surface area contributed by atoms with Gasteiger partial charge in [-0.2, -0.15) is 5.10 Å². The third kappa shape index (κ3) is 4.54. The highest BCUT2D eigenvalue weighted by atomic mass is 19.1. The van der Waals surface area contributed by atoms with Gasteiger partial charge in [-0.15, -0.1) is 0 Å². The van der Waals surface area contributed by atoms with Crippen molar-refractivity contribution >= 4 is 22.6 Å². The lowest BCUT2D eigenvalue weighted by Crippen LogP contribution is -2.43. The number of rotatable bonds is 7. The first kappa shape index (κ1) is 21.7. The predicted octanol–water partition coefficient (Wildman–Crippen LogP) is 3.29. The van der Waals surface area contributed by atoms with Crippen molar-refractivity contribution in [1.82, 2.24) is 20.6 Å². The fourth-order valence-corrected chi connectivity index (χ4v) is 3.90. The van der Waals surface area contributed by atoms with Gasteiger partial charge in [0, 0.05) is 17.8 Å². The van der Waals surface area contributed by atoms with Gasteiger partial charge in [-0.3, -0.25) is 25.2 Å². The molecule has 0 aliphatic heterocycles. The maximum atomic E-state index is 13.1. The van der Waals surface area contributed by atoms with Crippen LogP contribution in [0.25, 0.3) is 10.8 Å². The summed E-state index contributed by atoms with van der Waals surface area (Å²) >= 11 is 0. The van der Waals surface area contributed by atoms with E-state index in [0.717, 1.165) is 24.8 Å². The lowest BCUT2D eigenvalue weighted by Gasteiger charge is -2.12. The number of nitrogens with zero attached hydrogens (tertiary/aromatic N) is 2. The summed E-state index contributed by atoms with van der Waals surface area (Å²) < 4.78 is 14.4. The van der Waals surface area contributed by atoms with Crippen LogP contribution in [0.1, 0.15) is 54.6 Å². The topological polar surface area (TPSA) is 93.1 Å². The summed E-state index contributed by atoms with van der Waals surface area (Å²) in [6.07, 6.45) is 3.37. The number of hydrogen-bond acceptors (Lipinski definition) is 4. The highest BCUT2D eigenvalue weighted by Crippen LogP contribution is 2.47. The monoisotopic (exact) mass is 436 g/mol. The van der Waals surface area contributed by atoms with Crippen LogP contribution in [0.2, 0.25) is 0 Å². The smallest absolute Gasteiger partial charge is 0.273 e. The molecule has 0 bridgehead atoms. The van der Waals surface area contributed by atoms with Gasteiger partial charge in [0.15, 0.2) is 5.69 Å². The zero-order valence-electron chi connectivity index (χ0n) is 17.8. The molecule has 8 heteroatoms. The Bertz CT molecular complexity index is 1210. The number of fused-ring (bicyclic) bond motifs is 1. The van der Waals surface area contributed by atoms with Crippen LogP contribution in [0.15, 0.2) is 53.3 Å². The number of aryl methyl sites for hydroxylation is 1. The van der Waals surface area contributed by atoms with Gasteiger partial charge in [-0.05, 0) is 42.5 Å². The Labute approximate surface area is 184 Å².